The molecule has 2 N–H and O–H groups in total. The summed E-state index contributed by atoms with van der Waals surface area (Å²) in [6.45, 7) is 31.2. The van der Waals surface area contributed by atoms with Crippen LogP contribution in [0.4, 0.5) is 25.2 Å². The minimum absolute atomic E-state index is 0. The molecule has 19 nitrogen and oxygen atoms in total. The van der Waals surface area contributed by atoms with Crippen molar-refractivity contribution in [1.82, 2.24) is 64.8 Å². The lowest BCUT2D eigenvalue weighted by Gasteiger charge is -2.36. The number of nitrogens with zero attached hydrogens (tertiary/aromatic N) is 13. The van der Waals surface area contributed by atoms with E-state index in [-0.39, 0.29) is 47.9 Å². The quantitative estimate of drug-likeness (QED) is 0.0818. The second-order valence-electron chi connectivity index (χ2n) is 22.6. The van der Waals surface area contributed by atoms with Crippen molar-refractivity contribution >= 4 is 107 Å². The van der Waals surface area contributed by atoms with Crippen LogP contribution in [-0.2, 0) is 27.4 Å². The number of aromatic nitrogens is 8. The normalized spacial score (nSPS) is 13.3. The summed E-state index contributed by atoms with van der Waals surface area (Å²) in [5.74, 6) is 1.15. The molecule has 0 spiro atoms. The van der Waals surface area contributed by atoms with Crippen molar-refractivity contribution in [3.8, 4) is 22.3 Å². The van der Waals surface area contributed by atoms with Gasteiger partial charge >= 0.3 is 6.09 Å². The first kappa shape index (κ1) is 72.3. The van der Waals surface area contributed by atoms with Crippen LogP contribution in [0, 0.1) is 25.5 Å². The number of allylic oxidation sites excluding steroid dienone is 1. The molecule has 0 atom stereocenters. The van der Waals surface area contributed by atoms with Gasteiger partial charge in [0.15, 0.2) is 11.6 Å². The van der Waals surface area contributed by atoms with Gasteiger partial charge in [-0.05, 0) is 142 Å². The first-order valence-corrected chi connectivity index (χ1v) is 29.9. The molecule has 6 heterocycles. The Morgan fingerprint density at radius 2 is 1.00 bits per heavy atom. The maximum Gasteiger partial charge on any atom is 0.410 e. The number of piperazine rings is 2. The zero-order valence-electron chi connectivity index (χ0n) is 51.7. The highest BCUT2D eigenvalue weighted by Gasteiger charge is 2.31. The topological polar surface area (TPSA) is 192 Å². The van der Waals surface area contributed by atoms with Crippen LogP contribution in [0.25, 0.3) is 65.9 Å². The van der Waals surface area contributed by atoms with Crippen LogP contribution in [0.2, 0.25) is 10.0 Å². The van der Waals surface area contributed by atoms with Gasteiger partial charge in [0.2, 0.25) is 11.1 Å². The van der Waals surface area contributed by atoms with Gasteiger partial charge in [0.05, 0.1) is 46.6 Å². The van der Waals surface area contributed by atoms with Gasteiger partial charge in [-0.1, -0.05) is 84.1 Å². The van der Waals surface area contributed by atoms with E-state index < -0.39 is 22.5 Å². The highest BCUT2D eigenvalue weighted by Crippen LogP contribution is 2.44. The van der Waals surface area contributed by atoms with Crippen molar-refractivity contribution in [3.05, 3.63) is 119 Å². The molecule has 0 aliphatic carbocycles. The molecule has 0 saturated carbocycles. The van der Waals surface area contributed by atoms with Crippen LogP contribution in [-0.4, -0.2) is 188 Å². The summed E-state index contributed by atoms with van der Waals surface area (Å²) in [5, 5.41) is 16.9. The van der Waals surface area contributed by atoms with Gasteiger partial charge in [0, 0.05) is 96.2 Å². The van der Waals surface area contributed by atoms with E-state index in [2.05, 4.69) is 79.0 Å². The molecular formula is C65H86Cl3F2N15O4. The van der Waals surface area contributed by atoms with Gasteiger partial charge in [-0.3, -0.25) is 19.8 Å². The summed E-state index contributed by atoms with van der Waals surface area (Å²) in [6, 6.07) is 11.2. The molecule has 24 heteroatoms. The highest BCUT2D eigenvalue weighted by molar-refractivity contribution is 6.66. The fourth-order valence-electron chi connectivity index (χ4n) is 10.4. The summed E-state index contributed by atoms with van der Waals surface area (Å²) < 4.78 is 38.5. The second kappa shape index (κ2) is 31.9. The number of anilines is 2. The fourth-order valence-corrected chi connectivity index (χ4v) is 11.0. The molecule has 4 aromatic heterocycles. The molecule has 0 unspecified atom stereocenters. The molecule has 2 amide bonds. The number of H-pyrrole nitrogens is 2. The summed E-state index contributed by atoms with van der Waals surface area (Å²) in [6.07, 6.45) is 5.39. The van der Waals surface area contributed by atoms with E-state index in [1.807, 2.05) is 96.9 Å². The molecule has 0 radical (unpaired) electrons. The minimum Gasteiger partial charge on any atom is -0.444 e. The Morgan fingerprint density at radius 3 is 1.33 bits per heavy atom. The Balaban J connectivity index is 0.000000269. The lowest BCUT2D eigenvalue weighted by molar-refractivity contribution is -0.126. The number of carbonyl (C=O) groups is 3. The predicted molar refractivity (Wildman–Crippen MR) is 360 cm³/mol. The lowest BCUT2D eigenvalue weighted by Crippen LogP contribution is -2.50. The zero-order valence-corrected chi connectivity index (χ0v) is 54.0. The van der Waals surface area contributed by atoms with Crippen LogP contribution >= 0.6 is 34.8 Å². The third-order valence-electron chi connectivity index (χ3n) is 14.7. The number of nitrogens with one attached hydrogen (secondary N) is 2. The third kappa shape index (κ3) is 17.3. The Labute approximate surface area is 537 Å². The number of aromatic amines is 2. The molecule has 2 aliphatic heterocycles. The maximum atomic E-state index is 16.5. The van der Waals surface area contributed by atoms with E-state index in [9.17, 15) is 14.4 Å². The molecule has 4 aromatic carbocycles. The summed E-state index contributed by atoms with van der Waals surface area (Å²) >= 11 is 18.3. The standard InChI is InChI=1S/C28H33ClFN7O2.C26H27ClFN7O.C6H15N.C3H3ClO.2CH4/c1-16-7-8-20-18(14-31-34-20)22(16)23-19(29)13-17-25(24(23)30)32-21(15-35(5)6)33-26(17)36-9-11-37(12-10-36)27(38)39-28(2,3)4;1-5-21(36)34-8-10-35(11-9-34)26-16-12-18(27)23(22-15(2)6-7-19-17(22)13-29-32-19)24(28)25(16)30-20(31-26)14-33(3)4;1-4-7(5-2)6-3;1-2-3(4)5;;/h7-8,13-14H,9-12,15H2,1-6H3,(H,31,34);5-7,12-13H,1,8-11,14H2,2-4H3,(H,29,32);4-6H2,1-3H3;2H,1H2;2*1H4. The van der Waals surface area contributed by atoms with Gasteiger partial charge < -0.3 is 39.0 Å². The second-order valence-corrected chi connectivity index (χ2v) is 23.8. The van der Waals surface area contributed by atoms with Crippen LogP contribution in [0.3, 0.4) is 0 Å². The molecule has 2 saturated heterocycles. The molecule has 8 aromatic rings. The molecule has 10 rings (SSSR count). The van der Waals surface area contributed by atoms with E-state index >= 15 is 8.78 Å². The van der Waals surface area contributed by atoms with Crippen LogP contribution in [0.1, 0.15) is 79.2 Å². The van der Waals surface area contributed by atoms with Crippen molar-refractivity contribution < 1.29 is 27.9 Å². The number of carbonyl (C=O) groups excluding carboxylic acids is 3. The van der Waals surface area contributed by atoms with Gasteiger partial charge in [0.25, 0.3) is 0 Å². The average molecular weight is 1290 g/mol. The Hall–Kier alpha value is -7.40. The van der Waals surface area contributed by atoms with Crippen molar-refractivity contribution in [2.75, 3.05) is 110 Å². The van der Waals surface area contributed by atoms with Crippen LogP contribution < -0.4 is 9.80 Å². The van der Waals surface area contributed by atoms with Crippen LogP contribution in [0.5, 0.6) is 0 Å². The maximum absolute atomic E-state index is 16.5. The smallest absolute Gasteiger partial charge is 0.410 e. The number of fused-ring (bicyclic) bond motifs is 4. The predicted octanol–water partition coefficient (Wildman–Crippen LogP) is 13.1. The van der Waals surface area contributed by atoms with Gasteiger partial charge in [-0.25, -0.2) is 33.5 Å². The van der Waals surface area contributed by atoms with Gasteiger partial charge in [-0.2, -0.15) is 10.2 Å². The number of amides is 2. The molecular weight excluding hydrogens is 1200 g/mol. The summed E-state index contributed by atoms with van der Waals surface area (Å²) in [5.41, 5.74) is 5.21. The SMILES string of the molecule is C.C.C=CC(=O)Cl.C=CC(=O)N1CCN(c2nc(CN(C)C)nc3c(F)c(-c4c(C)ccc5[nH]ncc45)c(Cl)cc23)CC1.CCN(CC)CC.Cc1ccc2[nH]ncc2c1-c1c(Cl)cc2c(N3CCN(C(=O)OC(C)(C)C)CC3)nc(CN(C)C)nc2c1F. The fraction of sp³-hybridized carbons (Fsp3) is 0.431. The van der Waals surface area contributed by atoms with Crippen LogP contribution in [0.15, 0.2) is 74.1 Å². The number of ether oxygens (including phenoxy) is 1. The number of hydrogen-bond donors (Lipinski definition) is 2. The summed E-state index contributed by atoms with van der Waals surface area (Å²) in [7, 11) is 7.66. The van der Waals surface area contributed by atoms with E-state index in [0.29, 0.717) is 122 Å². The minimum atomic E-state index is -0.566. The number of aryl methyl sites for hydroxylation is 2. The van der Waals surface area contributed by atoms with Gasteiger partial charge in [0.1, 0.15) is 39.9 Å². The zero-order chi connectivity index (χ0) is 63.6. The van der Waals surface area contributed by atoms with Crippen molar-refractivity contribution in [1.29, 1.82) is 0 Å². The Kier molecular flexibility index (Phi) is 25.9. The van der Waals surface area contributed by atoms with E-state index in [1.54, 1.807) is 34.3 Å². The van der Waals surface area contributed by atoms with E-state index in [4.69, 9.17) is 49.5 Å². The largest absolute Gasteiger partial charge is 0.444 e. The van der Waals surface area contributed by atoms with E-state index in [0.717, 1.165) is 39.0 Å². The van der Waals surface area contributed by atoms with E-state index in [1.165, 1.54) is 25.7 Å². The number of rotatable bonds is 13. The first-order valence-electron chi connectivity index (χ1n) is 28.8. The molecule has 2 aliphatic rings. The summed E-state index contributed by atoms with van der Waals surface area (Å²) in [4.78, 5) is 66.8. The number of halogens is 5. The number of benzene rings is 4. The van der Waals surface area contributed by atoms with Gasteiger partial charge in [-0.15, -0.1) is 0 Å². The molecule has 0 bridgehead atoms. The van der Waals surface area contributed by atoms with Crippen molar-refractivity contribution in [2.24, 2.45) is 0 Å². The third-order valence-corrected chi connectivity index (χ3v) is 15.4. The van der Waals surface area contributed by atoms with Crippen molar-refractivity contribution in [3.63, 3.8) is 0 Å². The molecule has 89 heavy (non-hydrogen) atoms. The first-order chi connectivity index (χ1) is 41.3. The highest BCUT2D eigenvalue weighted by atomic mass is 35.5. The van der Waals surface area contributed by atoms with Crippen molar-refractivity contribution in [2.45, 2.75) is 88.9 Å². The Bertz CT molecular complexity index is 3790. The lowest BCUT2D eigenvalue weighted by atomic mass is 9.95. The average Bonchev–Trinajstić information content (AvgIpc) is 1.46. The monoisotopic (exact) mass is 1280 g/mol. The molecule has 2 fully saturated rings. The Morgan fingerprint density at radius 1 is 0.618 bits per heavy atom. The number of hydrogen-bond acceptors (Lipinski definition) is 15. The molecule has 480 valence electrons.